The van der Waals surface area contributed by atoms with Crippen LogP contribution in [-0.2, 0) is 28.5 Å². The molecule has 3 fully saturated rings. The van der Waals surface area contributed by atoms with Gasteiger partial charge in [0.15, 0.2) is 0 Å². The molecule has 3 aliphatic rings. The minimum absolute atomic E-state index is 0.0999. The van der Waals surface area contributed by atoms with Crippen LogP contribution in [0.2, 0.25) is 0 Å². The Morgan fingerprint density at radius 3 is 2.11 bits per heavy atom. The van der Waals surface area contributed by atoms with E-state index in [-0.39, 0.29) is 49.2 Å². The number of methoxy groups -OCH3 is 1. The van der Waals surface area contributed by atoms with Crippen LogP contribution >= 0.6 is 0 Å². The third-order valence-corrected chi connectivity index (χ3v) is 6.61. The minimum Gasteiger partial charge on any atom is -0.465 e. The van der Waals surface area contributed by atoms with E-state index < -0.39 is 5.41 Å². The summed E-state index contributed by atoms with van der Waals surface area (Å²) in [7, 11) is 1.60. The molecule has 1 saturated heterocycles. The average molecular weight is 398 g/mol. The lowest BCUT2D eigenvalue weighted by Crippen LogP contribution is -2.40. The molecular formula is C21H34O7. The van der Waals surface area contributed by atoms with E-state index in [0.29, 0.717) is 44.8 Å². The highest BCUT2D eigenvalue weighted by Gasteiger charge is 2.46. The number of hydrogen-bond donors (Lipinski definition) is 1. The fraction of sp³-hybridized carbons (Fsp3) is 0.905. The van der Waals surface area contributed by atoms with Crippen molar-refractivity contribution < 1.29 is 33.6 Å². The van der Waals surface area contributed by atoms with Gasteiger partial charge in [0.2, 0.25) is 0 Å². The summed E-state index contributed by atoms with van der Waals surface area (Å²) in [6.45, 7) is 2.69. The first kappa shape index (κ1) is 21.5. The molecule has 2 aliphatic carbocycles. The number of ether oxygens (including phenoxy) is 4. The number of fused-ring (bicyclic) bond motifs is 1. The molecule has 160 valence electrons. The molecule has 0 spiro atoms. The van der Waals surface area contributed by atoms with Crippen molar-refractivity contribution in [1.29, 1.82) is 0 Å². The van der Waals surface area contributed by atoms with E-state index in [1.54, 1.807) is 7.11 Å². The van der Waals surface area contributed by atoms with Gasteiger partial charge in [-0.25, -0.2) is 0 Å². The van der Waals surface area contributed by atoms with Crippen molar-refractivity contribution in [2.45, 2.75) is 76.6 Å². The second-order valence-electron chi connectivity index (χ2n) is 8.73. The standard InChI is InChI=1S/C21H34O7/c1-3-21(11-25-2,12-26-19(23)14-4-7-16(22)8-5-14)13-27-20(24)15-6-9-17-18(10-15)28-17/h14-18,22H,3-13H2,1-2H3. The molecule has 0 radical (unpaired) electrons. The Morgan fingerprint density at radius 1 is 0.929 bits per heavy atom. The molecule has 3 rings (SSSR count). The van der Waals surface area contributed by atoms with Crippen LogP contribution < -0.4 is 0 Å². The van der Waals surface area contributed by atoms with Gasteiger partial charge in [-0.2, -0.15) is 0 Å². The van der Waals surface area contributed by atoms with Gasteiger partial charge in [0.1, 0.15) is 13.2 Å². The van der Waals surface area contributed by atoms with Gasteiger partial charge in [-0.15, -0.1) is 0 Å². The van der Waals surface area contributed by atoms with Crippen molar-refractivity contribution in [2.75, 3.05) is 26.9 Å². The Hall–Kier alpha value is -1.18. The molecule has 0 aromatic rings. The van der Waals surface area contributed by atoms with Crippen LogP contribution in [0.25, 0.3) is 0 Å². The van der Waals surface area contributed by atoms with Gasteiger partial charge in [-0.05, 0) is 51.4 Å². The molecule has 0 bridgehead atoms. The number of aliphatic hydroxyl groups excluding tert-OH is 1. The molecule has 1 N–H and O–H groups in total. The molecule has 0 amide bonds. The predicted octanol–water partition coefficient (Wildman–Crippen LogP) is 2.23. The van der Waals surface area contributed by atoms with E-state index in [9.17, 15) is 14.7 Å². The first-order valence-electron chi connectivity index (χ1n) is 10.6. The molecule has 7 nitrogen and oxygen atoms in total. The largest absolute Gasteiger partial charge is 0.465 e. The van der Waals surface area contributed by atoms with E-state index in [2.05, 4.69) is 0 Å². The first-order valence-corrected chi connectivity index (χ1v) is 10.6. The third kappa shape index (κ3) is 5.45. The maximum atomic E-state index is 12.5. The molecule has 2 saturated carbocycles. The number of hydrogen-bond acceptors (Lipinski definition) is 7. The van der Waals surface area contributed by atoms with E-state index in [1.165, 1.54) is 0 Å². The second kappa shape index (κ2) is 9.55. The maximum Gasteiger partial charge on any atom is 0.309 e. The summed E-state index contributed by atoms with van der Waals surface area (Å²) in [4.78, 5) is 24.9. The number of aliphatic hydroxyl groups is 1. The van der Waals surface area contributed by atoms with Crippen molar-refractivity contribution in [3.8, 4) is 0 Å². The Kier molecular flexibility index (Phi) is 7.34. The summed E-state index contributed by atoms with van der Waals surface area (Å²) < 4.78 is 22.1. The average Bonchev–Trinajstić information content (AvgIpc) is 3.49. The quantitative estimate of drug-likeness (QED) is 0.470. The Morgan fingerprint density at radius 2 is 1.54 bits per heavy atom. The smallest absolute Gasteiger partial charge is 0.309 e. The van der Waals surface area contributed by atoms with Gasteiger partial charge < -0.3 is 24.1 Å². The molecule has 0 aromatic heterocycles. The van der Waals surface area contributed by atoms with Crippen LogP contribution in [0.5, 0.6) is 0 Å². The van der Waals surface area contributed by atoms with Crippen LogP contribution in [0.4, 0.5) is 0 Å². The normalized spacial score (nSPS) is 34.0. The number of carbonyl (C=O) groups excluding carboxylic acids is 2. The summed E-state index contributed by atoms with van der Waals surface area (Å²) >= 11 is 0. The second-order valence-corrected chi connectivity index (χ2v) is 8.73. The molecule has 4 unspecified atom stereocenters. The van der Waals surface area contributed by atoms with Gasteiger partial charge in [0.05, 0.1) is 42.2 Å². The zero-order valence-electron chi connectivity index (χ0n) is 17.1. The van der Waals surface area contributed by atoms with Crippen LogP contribution in [0.3, 0.4) is 0 Å². The van der Waals surface area contributed by atoms with Crippen molar-refractivity contribution >= 4 is 11.9 Å². The van der Waals surface area contributed by atoms with Crippen LogP contribution in [0.15, 0.2) is 0 Å². The first-order chi connectivity index (χ1) is 13.5. The van der Waals surface area contributed by atoms with Crippen LogP contribution in [-0.4, -0.2) is 62.3 Å². The Labute approximate surface area is 167 Å². The molecule has 1 aliphatic heterocycles. The summed E-state index contributed by atoms with van der Waals surface area (Å²) in [5.41, 5.74) is -0.540. The van der Waals surface area contributed by atoms with Gasteiger partial charge in [-0.3, -0.25) is 9.59 Å². The molecule has 0 aromatic carbocycles. The Bertz CT molecular complexity index is 543. The summed E-state index contributed by atoms with van der Waals surface area (Å²) in [5, 5.41) is 9.60. The van der Waals surface area contributed by atoms with Crippen LogP contribution in [0.1, 0.15) is 58.3 Å². The monoisotopic (exact) mass is 398 g/mol. The topological polar surface area (TPSA) is 94.6 Å². The van der Waals surface area contributed by atoms with E-state index in [0.717, 1.165) is 19.3 Å². The highest BCUT2D eigenvalue weighted by molar-refractivity contribution is 5.73. The van der Waals surface area contributed by atoms with Crippen molar-refractivity contribution in [1.82, 2.24) is 0 Å². The van der Waals surface area contributed by atoms with Crippen molar-refractivity contribution in [3.63, 3.8) is 0 Å². The minimum atomic E-state index is -0.540. The fourth-order valence-electron chi connectivity index (χ4n) is 4.35. The molecular weight excluding hydrogens is 364 g/mol. The zero-order chi connectivity index (χ0) is 20.1. The lowest BCUT2D eigenvalue weighted by atomic mass is 9.86. The van der Waals surface area contributed by atoms with Gasteiger partial charge in [0.25, 0.3) is 0 Å². The lowest BCUT2D eigenvalue weighted by Gasteiger charge is -2.32. The van der Waals surface area contributed by atoms with Crippen molar-refractivity contribution in [3.05, 3.63) is 0 Å². The number of epoxide rings is 1. The summed E-state index contributed by atoms with van der Waals surface area (Å²) in [6.07, 6.45) is 6.03. The number of rotatable bonds is 9. The molecule has 1 heterocycles. The number of carbonyl (C=O) groups is 2. The van der Waals surface area contributed by atoms with Gasteiger partial charge >= 0.3 is 11.9 Å². The van der Waals surface area contributed by atoms with Gasteiger partial charge in [-0.1, -0.05) is 6.92 Å². The lowest BCUT2D eigenvalue weighted by molar-refractivity contribution is -0.163. The van der Waals surface area contributed by atoms with Gasteiger partial charge in [0, 0.05) is 7.11 Å². The van der Waals surface area contributed by atoms with E-state index >= 15 is 0 Å². The SMILES string of the molecule is CCC(COC)(COC(=O)C1CCC(O)CC1)COC(=O)C1CCC2OC2C1. The highest BCUT2D eigenvalue weighted by Crippen LogP contribution is 2.40. The third-order valence-electron chi connectivity index (χ3n) is 6.61. The number of esters is 2. The van der Waals surface area contributed by atoms with Crippen molar-refractivity contribution in [2.24, 2.45) is 17.3 Å². The fourth-order valence-corrected chi connectivity index (χ4v) is 4.35. The highest BCUT2D eigenvalue weighted by atomic mass is 16.6. The zero-order valence-corrected chi connectivity index (χ0v) is 17.1. The molecule has 28 heavy (non-hydrogen) atoms. The maximum absolute atomic E-state index is 12.5. The van der Waals surface area contributed by atoms with E-state index in [4.69, 9.17) is 18.9 Å². The summed E-state index contributed by atoms with van der Waals surface area (Å²) in [6, 6.07) is 0. The van der Waals surface area contributed by atoms with E-state index in [1.807, 2.05) is 6.92 Å². The predicted molar refractivity (Wildman–Crippen MR) is 100 cm³/mol. The summed E-state index contributed by atoms with van der Waals surface area (Å²) in [5.74, 6) is -0.666. The van der Waals surface area contributed by atoms with Crippen LogP contribution in [0, 0.1) is 17.3 Å². The molecule has 7 heteroatoms. The molecule has 4 atom stereocenters. The Balaban J connectivity index is 1.49.